The summed E-state index contributed by atoms with van der Waals surface area (Å²) in [6.07, 6.45) is 0. The predicted molar refractivity (Wildman–Crippen MR) is 86.0 cm³/mol. The predicted octanol–water partition coefficient (Wildman–Crippen LogP) is 2.36. The SMILES string of the molecule is CCNCC(c1ccccc1)N1CCN(CC)C(C)C1. The molecule has 1 aromatic rings. The Morgan fingerprint density at radius 3 is 2.55 bits per heavy atom. The van der Waals surface area contributed by atoms with Crippen molar-refractivity contribution in [2.75, 3.05) is 39.3 Å². The third-order valence-corrected chi connectivity index (χ3v) is 4.42. The molecule has 1 aliphatic heterocycles. The van der Waals surface area contributed by atoms with E-state index in [4.69, 9.17) is 0 Å². The highest BCUT2D eigenvalue weighted by Crippen LogP contribution is 2.23. The normalized spacial score (nSPS) is 22.9. The van der Waals surface area contributed by atoms with E-state index in [1.54, 1.807) is 0 Å². The van der Waals surface area contributed by atoms with Crippen molar-refractivity contribution in [3.63, 3.8) is 0 Å². The van der Waals surface area contributed by atoms with E-state index in [0.717, 1.165) is 19.6 Å². The Balaban J connectivity index is 2.07. The van der Waals surface area contributed by atoms with Crippen molar-refractivity contribution in [3.05, 3.63) is 35.9 Å². The van der Waals surface area contributed by atoms with Crippen molar-refractivity contribution in [1.82, 2.24) is 15.1 Å². The quantitative estimate of drug-likeness (QED) is 0.860. The molecule has 1 aromatic carbocycles. The number of piperazine rings is 1. The zero-order valence-electron chi connectivity index (χ0n) is 13.2. The Labute approximate surface area is 124 Å². The maximum Gasteiger partial charge on any atom is 0.0473 e. The summed E-state index contributed by atoms with van der Waals surface area (Å²) in [4.78, 5) is 5.22. The lowest BCUT2D eigenvalue weighted by Crippen LogP contribution is -2.53. The van der Waals surface area contributed by atoms with Gasteiger partial charge in [-0.2, -0.15) is 0 Å². The zero-order valence-corrected chi connectivity index (χ0v) is 13.2. The summed E-state index contributed by atoms with van der Waals surface area (Å²) in [6, 6.07) is 12.1. The lowest BCUT2D eigenvalue weighted by atomic mass is 10.0. The molecule has 2 unspecified atom stereocenters. The zero-order chi connectivity index (χ0) is 14.4. The van der Waals surface area contributed by atoms with Crippen LogP contribution < -0.4 is 5.32 Å². The molecule has 0 aromatic heterocycles. The molecule has 1 N–H and O–H groups in total. The molecule has 1 aliphatic rings. The van der Waals surface area contributed by atoms with Gasteiger partial charge < -0.3 is 5.32 Å². The molecular weight excluding hydrogens is 246 g/mol. The van der Waals surface area contributed by atoms with Crippen LogP contribution in [0.25, 0.3) is 0 Å². The molecule has 0 saturated carbocycles. The number of rotatable bonds is 6. The van der Waals surface area contributed by atoms with Gasteiger partial charge in [0, 0.05) is 38.3 Å². The van der Waals surface area contributed by atoms with Crippen LogP contribution in [0.3, 0.4) is 0 Å². The van der Waals surface area contributed by atoms with E-state index in [0.29, 0.717) is 12.1 Å². The molecular formula is C17H29N3. The van der Waals surface area contributed by atoms with Crippen molar-refractivity contribution in [3.8, 4) is 0 Å². The minimum atomic E-state index is 0.498. The average molecular weight is 275 g/mol. The van der Waals surface area contributed by atoms with Gasteiger partial charge in [0.2, 0.25) is 0 Å². The molecule has 0 bridgehead atoms. The Morgan fingerprint density at radius 2 is 1.95 bits per heavy atom. The van der Waals surface area contributed by atoms with Crippen molar-refractivity contribution in [2.45, 2.75) is 32.9 Å². The Bertz CT molecular complexity index is 379. The van der Waals surface area contributed by atoms with E-state index in [1.807, 2.05) is 0 Å². The summed E-state index contributed by atoms with van der Waals surface area (Å²) in [6.45, 7) is 13.6. The number of benzene rings is 1. The Kier molecular flexibility index (Phi) is 6.02. The number of likely N-dealkylation sites (N-methyl/N-ethyl adjacent to an activating group) is 2. The molecule has 20 heavy (non-hydrogen) atoms. The van der Waals surface area contributed by atoms with E-state index in [2.05, 4.69) is 66.2 Å². The van der Waals surface area contributed by atoms with Gasteiger partial charge in [-0.1, -0.05) is 44.2 Å². The van der Waals surface area contributed by atoms with Gasteiger partial charge >= 0.3 is 0 Å². The van der Waals surface area contributed by atoms with Crippen LogP contribution in [-0.4, -0.2) is 55.1 Å². The second-order valence-electron chi connectivity index (χ2n) is 5.71. The van der Waals surface area contributed by atoms with Crippen LogP contribution >= 0.6 is 0 Å². The van der Waals surface area contributed by atoms with Crippen molar-refractivity contribution >= 4 is 0 Å². The molecule has 0 aliphatic carbocycles. The van der Waals surface area contributed by atoms with Crippen LogP contribution in [0, 0.1) is 0 Å². The van der Waals surface area contributed by atoms with Gasteiger partial charge in [0.05, 0.1) is 0 Å². The first-order valence-corrected chi connectivity index (χ1v) is 8.00. The van der Waals surface area contributed by atoms with E-state index in [9.17, 15) is 0 Å². The highest BCUT2D eigenvalue weighted by Gasteiger charge is 2.28. The van der Waals surface area contributed by atoms with E-state index < -0.39 is 0 Å². The van der Waals surface area contributed by atoms with Crippen LogP contribution in [0.2, 0.25) is 0 Å². The molecule has 0 spiro atoms. The molecule has 2 atom stereocenters. The highest BCUT2D eigenvalue weighted by atomic mass is 15.3. The minimum Gasteiger partial charge on any atom is -0.315 e. The molecule has 1 saturated heterocycles. The molecule has 0 amide bonds. The van der Waals surface area contributed by atoms with Gasteiger partial charge in [-0.15, -0.1) is 0 Å². The van der Waals surface area contributed by atoms with E-state index in [-0.39, 0.29) is 0 Å². The monoisotopic (exact) mass is 275 g/mol. The number of nitrogens with one attached hydrogen (secondary N) is 1. The first-order valence-electron chi connectivity index (χ1n) is 8.00. The van der Waals surface area contributed by atoms with E-state index >= 15 is 0 Å². The van der Waals surface area contributed by atoms with Gasteiger partial charge in [0.15, 0.2) is 0 Å². The third-order valence-electron chi connectivity index (χ3n) is 4.42. The topological polar surface area (TPSA) is 18.5 Å². The first-order chi connectivity index (χ1) is 9.76. The Hall–Kier alpha value is -0.900. The highest BCUT2D eigenvalue weighted by molar-refractivity contribution is 5.19. The third kappa shape index (κ3) is 3.81. The molecule has 3 nitrogen and oxygen atoms in total. The molecule has 3 heteroatoms. The van der Waals surface area contributed by atoms with Crippen LogP contribution in [0.4, 0.5) is 0 Å². The summed E-state index contributed by atoms with van der Waals surface area (Å²) in [5.41, 5.74) is 1.44. The largest absolute Gasteiger partial charge is 0.315 e. The summed E-state index contributed by atoms with van der Waals surface area (Å²) in [7, 11) is 0. The number of nitrogens with zero attached hydrogens (tertiary/aromatic N) is 2. The standard InChI is InChI=1S/C17H29N3/c1-4-18-13-17(16-9-7-6-8-10-16)20-12-11-19(5-2)15(3)14-20/h6-10,15,17-18H,4-5,11-14H2,1-3H3. The summed E-state index contributed by atoms with van der Waals surface area (Å²) < 4.78 is 0. The van der Waals surface area contributed by atoms with Gasteiger partial charge in [0.1, 0.15) is 0 Å². The molecule has 1 fully saturated rings. The number of hydrogen-bond donors (Lipinski definition) is 1. The minimum absolute atomic E-state index is 0.498. The fourth-order valence-corrected chi connectivity index (χ4v) is 3.19. The van der Waals surface area contributed by atoms with Crippen molar-refractivity contribution in [2.24, 2.45) is 0 Å². The average Bonchev–Trinajstić information content (AvgIpc) is 2.49. The molecule has 0 radical (unpaired) electrons. The van der Waals surface area contributed by atoms with Gasteiger partial charge in [0.25, 0.3) is 0 Å². The lowest BCUT2D eigenvalue weighted by Gasteiger charge is -2.43. The summed E-state index contributed by atoms with van der Waals surface area (Å²) >= 11 is 0. The van der Waals surface area contributed by atoms with E-state index in [1.165, 1.54) is 25.2 Å². The van der Waals surface area contributed by atoms with Crippen LogP contribution in [0.5, 0.6) is 0 Å². The maximum absolute atomic E-state index is 3.53. The summed E-state index contributed by atoms with van der Waals surface area (Å²) in [5, 5.41) is 3.53. The lowest BCUT2D eigenvalue weighted by molar-refractivity contribution is 0.0582. The molecule has 112 valence electrons. The van der Waals surface area contributed by atoms with Gasteiger partial charge in [-0.05, 0) is 25.6 Å². The van der Waals surface area contributed by atoms with Crippen LogP contribution in [-0.2, 0) is 0 Å². The van der Waals surface area contributed by atoms with Crippen LogP contribution in [0.15, 0.2) is 30.3 Å². The van der Waals surface area contributed by atoms with Gasteiger partial charge in [-0.3, -0.25) is 9.80 Å². The Morgan fingerprint density at radius 1 is 1.20 bits per heavy atom. The molecule has 2 rings (SSSR count). The first kappa shape index (κ1) is 15.5. The maximum atomic E-state index is 3.53. The molecule has 1 heterocycles. The van der Waals surface area contributed by atoms with Gasteiger partial charge in [-0.25, -0.2) is 0 Å². The van der Waals surface area contributed by atoms with Crippen LogP contribution in [0.1, 0.15) is 32.4 Å². The van der Waals surface area contributed by atoms with Crippen molar-refractivity contribution < 1.29 is 0 Å². The smallest absolute Gasteiger partial charge is 0.0473 e. The second kappa shape index (κ2) is 7.77. The fourth-order valence-electron chi connectivity index (χ4n) is 3.19. The fraction of sp³-hybridized carbons (Fsp3) is 0.647. The van der Waals surface area contributed by atoms with Crippen molar-refractivity contribution in [1.29, 1.82) is 0 Å². The second-order valence-corrected chi connectivity index (χ2v) is 5.71. The summed E-state index contributed by atoms with van der Waals surface area (Å²) in [5.74, 6) is 0. The number of hydrogen-bond acceptors (Lipinski definition) is 3.